The fraction of sp³-hybridized carbons (Fsp3) is 0.357. The van der Waals surface area contributed by atoms with Crippen molar-refractivity contribution in [3.8, 4) is 0 Å². The molecule has 0 saturated heterocycles. The lowest BCUT2D eigenvalue weighted by atomic mass is 10.0. The van der Waals surface area contributed by atoms with Gasteiger partial charge in [0.15, 0.2) is 0 Å². The molecule has 1 aromatic heterocycles. The molecule has 1 N–H and O–H groups in total. The molecule has 102 valence electrons. The molecule has 0 spiro atoms. The molecule has 0 fully saturated rings. The summed E-state index contributed by atoms with van der Waals surface area (Å²) in [7, 11) is 1.68. The van der Waals surface area contributed by atoms with Gasteiger partial charge < -0.3 is 5.32 Å². The highest BCUT2D eigenvalue weighted by molar-refractivity contribution is 5.30. The van der Waals surface area contributed by atoms with Crippen LogP contribution in [0, 0.1) is 11.6 Å². The summed E-state index contributed by atoms with van der Waals surface area (Å²) in [6, 6.07) is 5.13. The zero-order valence-corrected chi connectivity index (χ0v) is 11.0. The summed E-state index contributed by atoms with van der Waals surface area (Å²) >= 11 is 0. The van der Waals surface area contributed by atoms with Crippen LogP contribution in [0.4, 0.5) is 8.78 Å². The predicted molar refractivity (Wildman–Crippen MR) is 69.8 cm³/mol. The lowest BCUT2D eigenvalue weighted by molar-refractivity contribution is 0.488. The average Bonchev–Trinajstić information content (AvgIpc) is 2.83. The molecule has 0 aliphatic carbocycles. The van der Waals surface area contributed by atoms with E-state index in [4.69, 9.17) is 0 Å². The maximum Gasteiger partial charge on any atom is 0.131 e. The minimum Gasteiger partial charge on any atom is -0.308 e. The number of nitrogens with one attached hydrogen (secondary N) is 1. The molecule has 0 saturated carbocycles. The van der Waals surface area contributed by atoms with Crippen LogP contribution in [0.1, 0.15) is 30.6 Å². The first-order valence-corrected chi connectivity index (χ1v) is 6.32. The summed E-state index contributed by atoms with van der Waals surface area (Å²) in [5.41, 5.74) is 0.788. The van der Waals surface area contributed by atoms with Crippen LogP contribution in [0.25, 0.3) is 0 Å². The van der Waals surface area contributed by atoms with Crippen LogP contribution >= 0.6 is 0 Å². The van der Waals surface area contributed by atoms with Crippen molar-refractivity contribution in [2.75, 3.05) is 7.05 Å². The van der Waals surface area contributed by atoms with Gasteiger partial charge in [0.25, 0.3) is 0 Å². The maximum atomic E-state index is 13.9. The van der Waals surface area contributed by atoms with E-state index >= 15 is 0 Å². The van der Waals surface area contributed by atoms with Gasteiger partial charge in [0.2, 0.25) is 0 Å². The monoisotopic (exact) mass is 265 g/mol. The first-order chi connectivity index (χ1) is 9.19. The van der Waals surface area contributed by atoms with Crippen LogP contribution in [-0.4, -0.2) is 16.8 Å². The van der Waals surface area contributed by atoms with Crippen LogP contribution in [0.2, 0.25) is 0 Å². The van der Waals surface area contributed by atoms with Gasteiger partial charge in [0.05, 0.1) is 11.7 Å². The third-order valence-corrected chi connectivity index (χ3v) is 3.06. The molecule has 1 atom stereocenters. The lowest BCUT2D eigenvalue weighted by Crippen LogP contribution is -2.23. The second-order valence-electron chi connectivity index (χ2n) is 4.34. The van der Waals surface area contributed by atoms with Crippen LogP contribution in [0.15, 0.2) is 30.5 Å². The van der Waals surface area contributed by atoms with Crippen molar-refractivity contribution in [2.45, 2.75) is 25.9 Å². The highest BCUT2D eigenvalue weighted by atomic mass is 19.1. The first-order valence-electron chi connectivity index (χ1n) is 6.32. The van der Waals surface area contributed by atoms with Gasteiger partial charge in [-0.2, -0.15) is 5.10 Å². The molecule has 5 heteroatoms. The summed E-state index contributed by atoms with van der Waals surface area (Å²) < 4.78 is 29.5. The summed E-state index contributed by atoms with van der Waals surface area (Å²) in [5, 5.41) is 7.15. The quantitative estimate of drug-likeness (QED) is 0.901. The van der Waals surface area contributed by atoms with E-state index in [0.717, 1.165) is 18.7 Å². The summed E-state index contributed by atoms with van der Waals surface area (Å²) in [6.45, 7) is 2.75. The topological polar surface area (TPSA) is 29.9 Å². The Balaban J connectivity index is 2.47. The van der Waals surface area contributed by atoms with Crippen molar-refractivity contribution in [2.24, 2.45) is 0 Å². The molecule has 1 heterocycles. The van der Waals surface area contributed by atoms with Crippen molar-refractivity contribution in [3.05, 3.63) is 53.4 Å². The molecule has 2 rings (SSSR count). The molecule has 0 bridgehead atoms. The maximum absolute atomic E-state index is 13.9. The van der Waals surface area contributed by atoms with Gasteiger partial charge in [0, 0.05) is 18.3 Å². The molecular formula is C14H17F2N3. The van der Waals surface area contributed by atoms with E-state index < -0.39 is 17.7 Å². The zero-order chi connectivity index (χ0) is 13.8. The standard InChI is InChI=1S/C14H17F2N3/c1-3-9-19-12(7-8-18-19)14(17-2)13-10(15)5-4-6-11(13)16/h4-8,14,17H,3,9H2,1-2H3. The number of aryl methyl sites for hydroxylation is 1. The van der Waals surface area contributed by atoms with E-state index in [-0.39, 0.29) is 5.56 Å². The minimum atomic E-state index is -0.552. The number of hydrogen-bond acceptors (Lipinski definition) is 2. The second-order valence-corrected chi connectivity index (χ2v) is 4.34. The van der Waals surface area contributed by atoms with Gasteiger partial charge in [0.1, 0.15) is 11.6 Å². The van der Waals surface area contributed by atoms with Crippen LogP contribution in [-0.2, 0) is 6.54 Å². The molecule has 1 unspecified atom stereocenters. The minimum absolute atomic E-state index is 0.0304. The van der Waals surface area contributed by atoms with Gasteiger partial charge >= 0.3 is 0 Å². The van der Waals surface area contributed by atoms with Crippen molar-refractivity contribution in [3.63, 3.8) is 0 Å². The Kier molecular flexibility index (Phi) is 4.27. The Hall–Kier alpha value is -1.75. The van der Waals surface area contributed by atoms with Crippen molar-refractivity contribution in [1.29, 1.82) is 0 Å². The van der Waals surface area contributed by atoms with E-state index in [1.54, 1.807) is 24.0 Å². The largest absolute Gasteiger partial charge is 0.308 e. The van der Waals surface area contributed by atoms with Gasteiger partial charge in [-0.3, -0.25) is 4.68 Å². The number of nitrogens with zero attached hydrogens (tertiary/aromatic N) is 2. The van der Waals surface area contributed by atoms with Crippen molar-refractivity contribution < 1.29 is 8.78 Å². The van der Waals surface area contributed by atoms with Gasteiger partial charge in [-0.15, -0.1) is 0 Å². The second kappa shape index (κ2) is 5.93. The normalized spacial score (nSPS) is 12.6. The van der Waals surface area contributed by atoms with Crippen LogP contribution < -0.4 is 5.32 Å². The lowest BCUT2D eigenvalue weighted by Gasteiger charge is -2.19. The summed E-state index contributed by atoms with van der Waals surface area (Å²) in [5.74, 6) is -1.10. The third-order valence-electron chi connectivity index (χ3n) is 3.06. The molecule has 0 aliphatic heterocycles. The number of hydrogen-bond donors (Lipinski definition) is 1. The highest BCUT2D eigenvalue weighted by Gasteiger charge is 2.23. The molecule has 0 amide bonds. The van der Waals surface area contributed by atoms with Crippen molar-refractivity contribution >= 4 is 0 Å². The number of aromatic nitrogens is 2. The Labute approximate surface area is 111 Å². The third kappa shape index (κ3) is 2.66. The Morgan fingerprint density at radius 2 is 1.95 bits per heavy atom. The average molecular weight is 265 g/mol. The number of halogens is 2. The number of benzene rings is 1. The molecular weight excluding hydrogens is 248 g/mol. The molecule has 0 aliphatic rings. The molecule has 0 radical (unpaired) electrons. The summed E-state index contributed by atoms with van der Waals surface area (Å²) in [4.78, 5) is 0. The summed E-state index contributed by atoms with van der Waals surface area (Å²) in [6.07, 6.45) is 2.55. The number of rotatable bonds is 5. The smallest absolute Gasteiger partial charge is 0.131 e. The predicted octanol–water partition coefficient (Wildman–Crippen LogP) is 2.88. The molecule has 3 nitrogen and oxygen atoms in total. The fourth-order valence-corrected chi connectivity index (χ4v) is 2.21. The molecule has 1 aromatic carbocycles. The first kappa shape index (κ1) is 13.7. The van der Waals surface area contributed by atoms with Crippen LogP contribution in [0.3, 0.4) is 0 Å². The highest BCUT2D eigenvalue weighted by Crippen LogP contribution is 2.26. The Bertz CT molecular complexity index is 531. The fourth-order valence-electron chi connectivity index (χ4n) is 2.21. The molecule has 2 aromatic rings. The van der Waals surface area contributed by atoms with Gasteiger partial charge in [-0.05, 0) is 31.7 Å². The Morgan fingerprint density at radius 1 is 1.26 bits per heavy atom. The molecule has 19 heavy (non-hydrogen) atoms. The van der Waals surface area contributed by atoms with E-state index in [9.17, 15) is 8.78 Å². The van der Waals surface area contributed by atoms with E-state index in [2.05, 4.69) is 10.4 Å². The van der Waals surface area contributed by atoms with Gasteiger partial charge in [-0.1, -0.05) is 13.0 Å². The van der Waals surface area contributed by atoms with E-state index in [1.165, 1.54) is 18.2 Å². The van der Waals surface area contributed by atoms with Crippen molar-refractivity contribution in [1.82, 2.24) is 15.1 Å². The SMILES string of the molecule is CCCn1nccc1C(NC)c1c(F)cccc1F. The zero-order valence-electron chi connectivity index (χ0n) is 11.0. The van der Waals surface area contributed by atoms with E-state index in [1.807, 2.05) is 6.92 Å². The Morgan fingerprint density at radius 3 is 2.53 bits per heavy atom. The van der Waals surface area contributed by atoms with Crippen LogP contribution in [0.5, 0.6) is 0 Å². The van der Waals surface area contributed by atoms with Gasteiger partial charge in [-0.25, -0.2) is 8.78 Å². The van der Waals surface area contributed by atoms with E-state index in [0.29, 0.717) is 0 Å².